The van der Waals surface area contributed by atoms with Crippen molar-refractivity contribution < 1.29 is 0 Å². The molecule has 3 aromatic heterocycles. The van der Waals surface area contributed by atoms with Gasteiger partial charge in [0.05, 0.1) is 18.8 Å². The van der Waals surface area contributed by atoms with Crippen molar-refractivity contribution in [2.45, 2.75) is 58.3 Å². The predicted octanol–water partition coefficient (Wildman–Crippen LogP) is 4.73. The normalized spacial score (nSPS) is 14.8. The van der Waals surface area contributed by atoms with Crippen LogP contribution in [0.4, 0.5) is 5.13 Å². The monoisotopic (exact) mass is 434 g/mol. The van der Waals surface area contributed by atoms with E-state index in [9.17, 15) is 0 Å². The van der Waals surface area contributed by atoms with Crippen molar-refractivity contribution in [3.8, 4) is 0 Å². The molecule has 5 rings (SSSR count). The molecule has 0 saturated carbocycles. The van der Waals surface area contributed by atoms with Gasteiger partial charge in [-0.3, -0.25) is 4.68 Å². The van der Waals surface area contributed by atoms with Crippen LogP contribution in [0.2, 0.25) is 0 Å². The van der Waals surface area contributed by atoms with Gasteiger partial charge in [0, 0.05) is 53.5 Å². The Morgan fingerprint density at radius 1 is 1.23 bits per heavy atom. The van der Waals surface area contributed by atoms with Crippen LogP contribution in [-0.2, 0) is 26.1 Å². The van der Waals surface area contributed by atoms with Crippen molar-refractivity contribution in [1.29, 1.82) is 0 Å². The van der Waals surface area contributed by atoms with Gasteiger partial charge in [-0.05, 0) is 30.5 Å². The topological polar surface area (TPSA) is 61.8 Å². The predicted molar refractivity (Wildman–Crippen MR) is 128 cm³/mol. The minimum absolute atomic E-state index is 0.467. The van der Waals surface area contributed by atoms with Crippen molar-refractivity contribution in [2.75, 3.05) is 11.4 Å². The molecule has 1 aliphatic heterocycles. The lowest BCUT2D eigenvalue weighted by Gasteiger charge is -2.27. The van der Waals surface area contributed by atoms with Gasteiger partial charge in [-0.1, -0.05) is 38.0 Å². The molecule has 1 aromatic carbocycles. The molecule has 0 fully saturated rings. The summed E-state index contributed by atoms with van der Waals surface area (Å²) in [5.41, 5.74) is 3.89. The van der Waals surface area contributed by atoms with Gasteiger partial charge in [-0.2, -0.15) is 5.10 Å². The molecule has 1 aliphatic rings. The smallest absolute Gasteiger partial charge is 0.185 e. The molecule has 4 aromatic rings. The van der Waals surface area contributed by atoms with E-state index in [1.54, 1.807) is 0 Å². The van der Waals surface area contributed by atoms with Crippen LogP contribution in [0.1, 0.15) is 42.3 Å². The molecule has 6 nitrogen and oxygen atoms in total. The largest absolute Gasteiger partial charge is 0.361 e. The Morgan fingerprint density at radius 2 is 2.16 bits per heavy atom. The van der Waals surface area contributed by atoms with Gasteiger partial charge in [0.25, 0.3) is 0 Å². The number of hydrogen-bond acceptors (Lipinski definition) is 5. The third kappa shape index (κ3) is 4.52. The highest BCUT2D eigenvalue weighted by molar-refractivity contribution is 7.15. The molecular formula is C24H30N6S. The molecule has 4 heterocycles. The van der Waals surface area contributed by atoms with E-state index in [1.165, 1.54) is 46.3 Å². The number of hydrogen-bond donors (Lipinski definition) is 2. The minimum atomic E-state index is 0.467. The average Bonchev–Trinajstić information content (AvgIpc) is 3.55. The molecule has 0 radical (unpaired) electrons. The third-order valence-corrected chi connectivity index (χ3v) is 7.22. The number of aromatic amines is 1. The van der Waals surface area contributed by atoms with Crippen LogP contribution in [0.5, 0.6) is 0 Å². The molecule has 0 spiro atoms. The Balaban J connectivity index is 1.22. The SMILES string of the molecule is CCCCC(Cc1c[nH]c2ccccc12)NCc1cnc(N2CCn3nccc3C2)s1. The van der Waals surface area contributed by atoms with E-state index in [-0.39, 0.29) is 0 Å². The summed E-state index contributed by atoms with van der Waals surface area (Å²) in [4.78, 5) is 11.8. The maximum absolute atomic E-state index is 4.72. The van der Waals surface area contributed by atoms with E-state index in [4.69, 9.17) is 4.98 Å². The highest BCUT2D eigenvalue weighted by Crippen LogP contribution is 2.26. The zero-order valence-corrected chi connectivity index (χ0v) is 18.9. The van der Waals surface area contributed by atoms with Crippen molar-refractivity contribution in [3.05, 3.63) is 65.1 Å². The van der Waals surface area contributed by atoms with Gasteiger partial charge in [0.15, 0.2) is 5.13 Å². The van der Waals surface area contributed by atoms with E-state index >= 15 is 0 Å². The fourth-order valence-electron chi connectivity index (χ4n) is 4.41. The van der Waals surface area contributed by atoms with Crippen LogP contribution in [0.25, 0.3) is 10.9 Å². The Hall–Kier alpha value is -2.64. The van der Waals surface area contributed by atoms with E-state index in [1.807, 2.05) is 23.7 Å². The average molecular weight is 435 g/mol. The number of nitrogens with zero attached hydrogens (tertiary/aromatic N) is 4. The van der Waals surface area contributed by atoms with Gasteiger partial charge >= 0.3 is 0 Å². The number of nitrogens with one attached hydrogen (secondary N) is 2. The summed E-state index contributed by atoms with van der Waals surface area (Å²) in [5, 5.41) is 10.7. The van der Waals surface area contributed by atoms with E-state index < -0.39 is 0 Å². The second-order valence-corrected chi connectivity index (χ2v) is 9.45. The van der Waals surface area contributed by atoms with Crippen molar-refractivity contribution in [1.82, 2.24) is 25.1 Å². The minimum Gasteiger partial charge on any atom is -0.361 e. The van der Waals surface area contributed by atoms with Crippen LogP contribution >= 0.6 is 11.3 Å². The van der Waals surface area contributed by atoms with Crippen LogP contribution in [0, 0.1) is 0 Å². The molecule has 0 bridgehead atoms. The first-order valence-corrected chi connectivity index (χ1v) is 12.1. The summed E-state index contributed by atoms with van der Waals surface area (Å²) < 4.78 is 2.09. The number of thiazole rings is 1. The summed E-state index contributed by atoms with van der Waals surface area (Å²) in [6.45, 7) is 5.93. The van der Waals surface area contributed by atoms with Gasteiger partial charge < -0.3 is 15.2 Å². The highest BCUT2D eigenvalue weighted by atomic mass is 32.1. The Morgan fingerprint density at radius 3 is 3.10 bits per heavy atom. The maximum Gasteiger partial charge on any atom is 0.185 e. The van der Waals surface area contributed by atoms with E-state index in [0.29, 0.717) is 6.04 Å². The van der Waals surface area contributed by atoms with Gasteiger partial charge in [0.1, 0.15) is 0 Å². The summed E-state index contributed by atoms with van der Waals surface area (Å²) >= 11 is 1.81. The quantitative estimate of drug-likeness (QED) is 0.400. The standard InChI is InChI=1S/C24H30N6S/c1-2-3-6-19(13-18-14-26-23-8-5-4-7-22(18)23)25-15-21-16-27-24(31-21)29-11-12-30-20(17-29)9-10-28-30/h4-5,7-10,14,16,19,25-26H,2-3,6,11-13,15,17H2,1H3. The van der Waals surface area contributed by atoms with Crippen molar-refractivity contribution in [2.24, 2.45) is 0 Å². The number of aromatic nitrogens is 4. The van der Waals surface area contributed by atoms with Gasteiger partial charge in [-0.25, -0.2) is 4.98 Å². The molecular weight excluding hydrogens is 404 g/mol. The van der Waals surface area contributed by atoms with Gasteiger partial charge in [-0.15, -0.1) is 11.3 Å². The number of rotatable bonds is 9. The molecule has 31 heavy (non-hydrogen) atoms. The highest BCUT2D eigenvalue weighted by Gasteiger charge is 2.19. The summed E-state index contributed by atoms with van der Waals surface area (Å²) in [6.07, 6.45) is 10.8. The summed E-state index contributed by atoms with van der Waals surface area (Å²) in [7, 11) is 0. The Labute approximate surface area is 187 Å². The lowest BCUT2D eigenvalue weighted by atomic mass is 10.0. The second kappa shape index (κ2) is 9.24. The number of benzene rings is 1. The fraction of sp³-hybridized carbons (Fsp3) is 0.417. The van der Waals surface area contributed by atoms with Crippen LogP contribution in [0.15, 0.2) is 48.9 Å². The number of para-hydroxylation sites is 1. The molecule has 7 heteroatoms. The van der Waals surface area contributed by atoms with Crippen LogP contribution in [0.3, 0.4) is 0 Å². The molecule has 0 amide bonds. The Kier molecular flexibility index (Phi) is 6.04. The first-order chi connectivity index (χ1) is 15.3. The zero-order chi connectivity index (χ0) is 21.0. The zero-order valence-electron chi connectivity index (χ0n) is 18.1. The number of fused-ring (bicyclic) bond motifs is 2. The molecule has 0 saturated heterocycles. The van der Waals surface area contributed by atoms with Gasteiger partial charge in [0.2, 0.25) is 0 Å². The first-order valence-electron chi connectivity index (χ1n) is 11.3. The molecule has 162 valence electrons. The first kappa shape index (κ1) is 20.3. The lowest BCUT2D eigenvalue weighted by molar-refractivity contribution is 0.463. The maximum atomic E-state index is 4.72. The fourth-order valence-corrected chi connectivity index (χ4v) is 5.30. The van der Waals surface area contributed by atoms with Crippen LogP contribution in [-0.4, -0.2) is 32.3 Å². The third-order valence-electron chi connectivity index (χ3n) is 6.16. The second-order valence-electron chi connectivity index (χ2n) is 8.36. The number of anilines is 1. The lowest BCUT2D eigenvalue weighted by Crippen LogP contribution is -2.33. The number of H-pyrrole nitrogens is 1. The van der Waals surface area contributed by atoms with Crippen molar-refractivity contribution >= 4 is 27.4 Å². The van der Waals surface area contributed by atoms with Crippen LogP contribution < -0.4 is 10.2 Å². The molecule has 1 unspecified atom stereocenters. The number of unbranched alkanes of at least 4 members (excludes halogenated alkanes) is 1. The molecule has 0 aliphatic carbocycles. The molecule has 1 atom stereocenters. The summed E-state index contributed by atoms with van der Waals surface area (Å²) in [5.74, 6) is 0. The Bertz CT molecular complexity index is 1130. The van der Waals surface area contributed by atoms with E-state index in [0.717, 1.165) is 37.7 Å². The summed E-state index contributed by atoms with van der Waals surface area (Å²) in [6, 6.07) is 11.2. The van der Waals surface area contributed by atoms with Crippen molar-refractivity contribution in [3.63, 3.8) is 0 Å². The van der Waals surface area contributed by atoms with E-state index in [2.05, 4.69) is 68.4 Å². The molecule has 2 N–H and O–H groups in total.